The molecular weight excluding hydrogens is 355 g/mol. The average Bonchev–Trinajstić information content (AvgIpc) is 2.57. The van der Waals surface area contributed by atoms with E-state index in [0.717, 1.165) is 11.3 Å². The van der Waals surface area contributed by atoms with Crippen LogP contribution in [-0.2, 0) is 34.3 Å². The first-order chi connectivity index (χ1) is 10.3. The number of hydrogen-bond donors (Lipinski definition) is 1. The number of benzene rings is 1. The molecule has 0 aliphatic rings. The fraction of sp³-hybridized carbons (Fsp3) is 0.0714. The van der Waals surface area contributed by atoms with Crippen molar-refractivity contribution in [3.05, 3.63) is 66.0 Å². The summed E-state index contributed by atoms with van der Waals surface area (Å²) in [6.07, 6.45) is 3.31. The van der Waals surface area contributed by atoms with Crippen LogP contribution in [0.1, 0.15) is 11.3 Å². The first kappa shape index (κ1) is 17.6. The summed E-state index contributed by atoms with van der Waals surface area (Å²) in [5, 5.41) is 4.34. The fourth-order valence-corrected chi connectivity index (χ4v) is 1.51. The van der Waals surface area contributed by atoms with Gasteiger partial charge >= 0.3 is 25.2 Å². The zero-order chi connectivity index (χ0) is 15.3. The van der Waals surface area contributed by atoms with Gasteiger partial charge in [-0.3, -0.25) is 15.4 Å². The van der Waals surface area contributed by atoms with Gasteiger partial charge in [0.2, 0.25) is 0 Å². The first-order valence-corrected chi connectivity index (χ1v) is 7.62. The van der Waals surface area contributed by atoms with Crippen molar-refractivity contribution in [2.45, 2.75) is 6.54 Å². The summed E-state index contributed by atoms with van der Waals surface area (Å²) in [6, 6.07) is 15.5. The Morgan fingerprint density at radius 1 is 1.19 bits per heavy atom. The monoisotopic (exact) mass is 367 g/mol. The van der Waals surface area contributed by atoms with Gasteiger partial charge in [-0.05, 0) is 22.9 Å². The number of rotatable bonds is 4. The van der Waals surface area contributed by atoms with E-state index >= 15 is 0 Å². The summed E-state index contributed by atoms with van der Waals surface area (Å²) in [5.74, 6) is 0. The van der Waals surface area contributed by atoms with Crippen LogP contribution in [0.5, 0.6) is 0 Å². The van der Waals surface area contributed by atoms with Gasteiger partial charge in [-0.15, -0.1) is 0 Å². The molecule has 0 atom stereocenters. The van der Waals surface area contributed by atoms with Gasteiger partial charge in [-0.2, -0.15) is 5.10 Å². The van der Waals surface area contributed by atoms with Gasteiger partial charge in [-0.1, -0.05) is 36.4 Å². The molecule has 0 radical (unpaired) electrons. The molecule has 0 aliphatic carbocycles. The molecule has 0 aliphatic heterocycles. The quantitative estimate of drug-likeness (QED) is 0.297. The third-order valence-electron chi connectivity index (χ3n) is 2.29. The van der Waals surface area contributed by atoms with Gasteiger partial charge in [0.15, 0.2) is 0 Å². The summed E-state index contributed by atoms with van der Waals surface area (Å²) < 4.78 is 0. The summed E-state index contributed by atoms with van der Waals surface area (Å²) in [5.41, 5.74) is 4.57. The molecule has 1 aromatic heterocycles. The molecule has 0 spiro atoms. The molecule has 2 rings (SSSR count). The maximum atomic E-state index is 5.06. The van der Waals surface area contributed by atoms with E-state index < -0.39 is 0 Å². The van der Waals surface area contributed by atoms with E-state index in [1.807, 2.05) is 48.5 Å². The number of aliphatic imine (C=N–C) groups is 1. The fourth-order valence-electron chi connectivity index (χ4n) is 1.39. The van der Waals surface area contributed by atoms with Gasteiger partial charge in [0.1, 0.15) is 0 Å². The predicted molar refractivity (Wildman–Crippen MR) is 85.8 cm³/mol. The standard InChI is InChI=1S/C14H14N4S.ClH.Cu/c19-14(16-10-12-6-2-1-3-7-12)18-17-11-13-8-4-5-9-15-13;;/h1-9,11H,10H2,(H2,16,18,19);1H;/q;;+2/p-2/b17-11+;;. The number of nitrogens with one attached hydrogen (secondary N) is 1. The average molecular weight is 368 g/mol. The van der Waals surface area contributed by atoms with Crippen molar-refractivity contribution in [1.82, 2.24) is 10.4 Å². The molecule has 2 aromatic rings. The van der Waals surface area contributed by atoms with Crippen LogP contribution in [0.25, 0.3) is 0 Å². The van der Waals surface area contributed by atoms with Crippen LogP contribution >= 0.6 is 10.1 Å². The van der Waals surface area contributed by atoms with Crippen LogP contribution < -0.4 is 5.43 Å². The Balaban J connectivity index is 0.00000106. The van der Waals surface area contributed by atoms with E-state index in [1.54, 1.807) is 12.4 Å². The van der Waals surface area contributed by atoms with E-state index in [2.05, 4.69) is 45.7 Å². The normalized spacial score (nSPS) is 10.9. The van der Waals surface area contributed by atoms with Crippen LogP contribution in [0, 0.1) is 0 Å². The topological polar surface area (TPSA) is 49.6 Å². The van der Waals surface area contributed by atoms with Crippen LogP contribution in [0.3, 0.4) is 0 Å². The summed E-state index contributed by atoms with van der Waals surface area (Å²) in [6.45, 7) is 0.547. The van der Waals surface area contributed by atoms with E-state index in [9.17, 15) is 0 Å². The van der Waals surface area contributed by atoms with Gasteiger partial charge < -0.3 is 12.6 Å². The number of amidine groups is 1. The molecule has 21 heavy (non-hydrogen) atoms. The maximum absolute atomic E-state index is 5.06. The largest absolute Gasteiger partial charge is 0.741 e. The minimum absolute atomic E-state index is 0.357. The van der Waals surface area contributed by atoms with E-state index in [1.165, 1.54) is 0 Å². The van der Waals surface area contributed by atoms with Crippen LogP contribution in [0.4, 0.5) is 0 Å². The molecule has 1 heterocycles. The second-order valence-corrected chi connectivity index (χ2v) is 4.12. The zero-order valence-corrected chi connectivity index (χ0v) is 13.4. The van der Waals surface area contributed by atoms with Crippen LogP contribution in [0.2, 0.25) is 0 Å². The molecule has 0 fully saturated rings. The van der Waals surface area contributed by atoms with Crippen molar-refractivity contribution in [2.24, 2.45) is 10.1 Å². The van der Waals surface area contributed by atoms with Crippen molar-refractivity contribution in [3.8, 4) is 0 Å². The Morgan fingerprint density at radius 2 is 1.90 bits per heavy atom. The molecular formula is C14H13ClCuN4S. The SMILES string of the molecule is [Cl][Cu+].[S-]C(=NCc1ccccc1)N/N=C/c1ccccn1. The minimum atomic E-state index is 0.357. The Bertz CT molecular complexity index is 564. The summed E-state index contributed by atoms with van der Waals surface area (Å²) in [4.78, 5) is 8.32. The van der Waals surface area contributed by atoms with Crippen molar-refractivity contribution >= 4 is 34.1 Å². The Morgan fingerprint density at radius 3 is 2.57 bits per heavy atom. The van der Waals surface area contributed by atoms with Gasteiger partial charge in [-0.25, -0.2) is 0 Å². The second kappa shape index (κ2) is 11.2. The van der Waals surface area contributed by atoms with Crippen molar-refractivity contribution in [1.29, 1.82) is 0 Å². The van der Waals surface area contributed by atoms with Gasteiger partial charge in [0, 0.05) is 6.20 Å². The van der Waals surface area contributed by atoms with Crippen molar-refractivity contribution < 1.29 is 15.1 Å². The minimum Gasteiger partial charge on any atom is -0.741 e. The molecule has 0 bridgehead atoms. The number of nitrogens with zero attached hydrogens (tertiary/aromatic N) is 3. The van der Waals surface area contributed by atoms with E-state index in [0.29, 0.717) is 11.7 Å². The molecule has 113 valence electrons. The molecule has 4 nitrogen and oxygen atoms in total. The van der Waals surface area contributed by atoms with Crippen LogP contribution in [0.15, 0.2) is 64.8 Å². The summed E-state index contributed by atoms with van der Waals surface area (Å²) in [7, 11) is 4.20. The Hall–Kier alpha value is -1.46. The van der Waals surface area contributed by atoms with E-state index in [-0.39, 0.29) is 0 Å². The van der Waals surface area contributed by atoms with E-state index in [4.69, 9.17) is 12.6 Å². The van der Waals surface area contributed by atoms with Crippen molar-refractivity contribution in [2.75, 3.05) is 0 Å². The molecule has 0 unspecified atom stereocenters. The number of aromatic nitrogens is 1. The Kier molecular flexibility index (Phi) is 9.40. The molecule has 1 N–H and O–H groups in total. The number of hydrogen-bond acceptors (Lipinski definition) is 4. The third-order valence-corrected chi connectivity index (χ3v) is 2.51. The molecule has 0 saturated heterocycles. The first-order valence-electron chi connectivity index (χ1n) is 5.91. The van der Waals surface area contributed by atoms with Gasteiger partial charge in [0.25, 0.3) is 0 Å². The predicted octanol–water partition coefficient (Wildman–Crippen LogP) is 2.80. The maximum Gasteiger partial charge on any atom is 0.0830 e. The number of halogens is 1. The second-order valence-electron chi connectivity index (χ2n) is 3.73. The molecule has 0 saturated carbocycles. The molecule has 1 aromatic carbocycles. The Labute approximate surface area is 142 Å². The third kappa shape index (κ3) is 7.78. The summed E-state index contributed by atoms with van der Waals surface area (Å²) >= 11 is 8.72. The molecule has 0 amide bonds. The number of pyridine rings is 1. The smallest absolute Gasteiger partial charge is 0.0830 e. The molecule has 7 heteroatoms. The number of hydrazone groups is 1. The van der Waals surface area contributed by atoms with Crippen molar-refractivity contribution in [3.63, 3.8) is 0 Å². The zero-order valence-electron chi connectivity index (χ0n) is 10.9. The van der Waals surface area contributed by atoms with Gasteiger partial charge in [0.05, 0.1) is 18.5 Å². The van der Waals surface area contributed by atoms with Crippen LogP contribution in [-0.4, -0.2) is 16.4 Å².